The van der Waals surface area contributed by atoms with Crippen LogP contribution >= 0.6 is 0 Å². The Bertz CT molecular complexity index is 366. The van der Waals surface area contributed by atoms with Crippen molar-refractivity contribution in [3.05, 3.63) is 24.2 Å². The topological polar surface area (TPSA) is 30.2 Å². The number of furan rings is 1. The van der Waals surface area contributed by atoms with Gasteiger partial charge in [0.05, 0.1) is 6.26 Å². The second kappa shape index (κ2) is 4.08. The Kier molecular flexibility index (Phi) is 2.58. The molecule has 0 amide bonds. The molecule has 2 aliphatic carbocycles. The summed E-state index contributed by atoms with van der Waals surface area (Å²) in [6.45, 7) is 0. The number of hydrogen-bond donors (Lipinski definition) is 0. The van der Waals surface area contributed by atoms with E-state index < -0.39 is 0 Å². The van der Waals surface area contributed by atoms with Crippen LogP contribution in [0, 0.1) is 11.8 Å². The zero-order valence-electron chi connectivity index (χ0n) is 9.52. The number of carbonyl (C=O) groups excluding carboxylic acids is 1. The van der Waals surface area contributed by atoms with Crippen LogP contribution in [0.5, 0.6) is 0 Å². The van der Waals surface area contributed by atoms with Crippen LogP contribution < -0.4 is 0 Å². The number of Topliss-reactive ketones (excluding diaryl/α,β-unsaturated/α-hetero) is 1. The fraction of sp³-hybridized carbons (Fsp3) is 0.643. The zero-order valence-corrected chi connectivity index (χ0v) is 9.52. The molecule has 0 bridgehead atoms. The van der Waals surface area contributed by atoms with Crippen molar-refractivity contribution >= 4 is 5.78 Å². The van der Waals surface area contributed by atoms with E-state index in [0.29, 0.717) is 30.0 Å². The first kappa shape index (κ1) is 10.1. The van der Waals surface area contributed by atoms with Gasteiger partial charge in [-0.2, -0.15) is 0 Å². The highest BCUT2D eigenvalue weighted by Gasteiger charge is 2.43. The number of hydrogen-bond acceptors (Lipinski definition) is 2. The zero-order chi connectivity index (χ0) is 11.0. The SMILES string of the molecule is O=C1C[C@@H](c2ccco2)C2CCCCCC12. The maximum atomic E-state index is 12.0. The smallest absolute Gasteiger partial charge is 0.137 e. The monoisotopic (exact) mass is 218 g/mol. The normalized spacial score (nSPS) is 34.8. The first-order chi connectivity index (χ1) is 7.86. The van der Waals surface area contributed by atoms with Gasteiger partial charge >= 0.3 is 0 Å². The van der Waals surface area contributed by atoms with Gasteiger partial charge in [-0.25, -0.2) is 0 Å². The standard InChI is InChI=1S/C14H18O2/c15-13-9-12(14-7-4-8-16-14)10-5-2-1-3-6-11(10)13/h4,7-8,10-12H,1-3,5-6,9H2/t10?,11?,12-/m1/s1. The van der Waals surface area contributed by atoms with E-state index in [-0.39, 0.29) is 0 Å². The molecule has 2 heteroatoms. The van der Waals surface area contributed by atoms with Crippen LogP contribution in [0.25, 0.3) is 0 Å². The van der Waals surface area contributed by atoms with E-state index in [9.17, 15) is 4.79 Å². The molecule has 2 nitrogen and oxygen atoms in total. The van der Waals surface area contributed by atoms with E-state index in [0.717, 1.165) is 12.2 Å². The average Bonchev–Trinajstić information content (AvgIpc) is 2.82. The Labute approximate surface area is 96.0 Å². The van der Waals surface area contributed by atoms with E-state index in [2.05, 4.69) is 0 Å². The fourth-order valence-corrected chi connectivity index (χ4v) is 3.55. The highest BCUT2D eigenvalue weighted by molar-refractivity contribution is 5.84. The third kappa shape index (κ3) is 1.60. The molecule has 16 heavy (non-hydrogen) atoms. The molecule has 2 saturated carbocycles. The second-order valence-electron chi connectivity index (χ2n) is 5.20. The Hall–Kier alpha value is -1.05. The summed E-state index contributed by atoms with van der Waals surface area (Å²) in [6.07, 6.45) is 8.57. The lowest BCUT2D eigenvalue weighted by molar-refractivity contribution is -0.121. The van der Waals surface area contributed by atoms with Crippen molar-refractivity contribution < 1.29 is 9.21 Å². The van der Waals surface area contributed by atoms with Gasteiger partial charge in [0.15, 0.2) is 0 Å². The molecule has 2 unspecified atom stereocenters. The van der Waals surface area contributed by atoms with Gasteiger partial charge in [-0.15, -0.1) is 0 Å². The van der Waals surface area contributed by atoms with Crippen LogP contribution in [-0.2, 0) is 4.79 Å². The Morgan fingerprint density at radius 2 is 2.00 bits per heavy atom. The highest BCUT2D eigenvalue weighted by atomic mass is 16.3. The molecule has 0 N–H and O–H groups in total. The molecule has 0 spiro atoms. The minimum atomic E-state index is 0.331. The number of carbonyl (C=O) groups is 1. The van der Waals surface area contributed by atoms with Gasteiger partial charge in [-0.05, 0) is 30.9 Å². The van der Waals surface area contributed by atoms with Gasteiger partial charge in [0.1, 0.15) is 11.5 Å². The van der Waals surface area contributed by atoms with Crippen LogP contribution in [-0.4, -0.2) is 5.78 Å². The molecular weight excluding hydrogens is 200 g/mol. The third-order valence-electron chi connectivity index (χ3n) is 4.33. The summed E-state index contributed by atoms with van der Waals surface area (Å²) < 4.78 is 5.50. The van der Waals surface area contributed by atoms with E-state index in [4.69, 9.17) is 4.42 Å². The molecule has 0 radical (unpaired) electrons. The van der Waals surface area contributed by atoms with Gasteiger partial charge in [0.2, 0.25) is 0 Å². The highest BCUT2D eigenvalue weighted by Crippen LogP contribution is 2.47. The minimum Gasteiger partial charge on any atom is -0.469 e. The summed E-state index contributed by atoms with van der Waals surface area (Å²) >= 11 is 0. The second-order valence-corrected chi connectivity index (χ2v) is 5.20. The molecule has 0 saturated heterocycles. The van der Waals surface area contributed by atoms with Crippen LogP contribution in [0.15, 0.2) is 22.8 Å². The summed E-state index contributed by atoms with van der Waals surface area (Å²) in [7, 11) is 0. The Balaban J connectivity index is 1.88. The van der Waals surface area contributed by atoms with Crippen LogP contribution in [0.2, 0.25) is 0 Å². The molecule has 3 atom stereocenters. The lowest BCUT2D eigenvalue weighted by Gasteiger charge is -2.19. The van der Waals surface area contributed by atoms with Crippen molar-refractivity contribution in [3.63, 3.8) is 0 Å². The van der Waals surface area contributed by atoms with Crippen molar-refractivity contribution in [2.24, 2.45) is 11.8 Å². The molecule has 1 aromatic rings. The Morgan fingerprint density at radius 3 is 2.81 bits per heavy atom. The van der Waals surface area contributed by atoms with Gasteiger partial charge in [-0.3, -0.25) is 4.79 Å². The molecule has 1 aromatic heterocycles. The largest absolute Gasteiger partial charge is 0.469 e. The van der Waals surface area contributed by atoms with E-state index in [1.165, 1.54) is 25.7 Å². The summed E-state index contributed by atoms with van der Waals surface area (Å²) in [5, 5.41) is 0. The van der Waals surface area contributed by atoms with Crippen LogP contribution in [0.1, 0.15) is 50.2 Å². The molecule has 0 aliphatic heterocycles. The molecule has 2 fully saturated rings. The maximum absolute atomic E-state index is 12.0. The number of rotatable bonds is 1. The minimum absolute atomic E-state index is 0.331. The fourth-order valence-electron chi connectivity index (χ4n) is 3.55. The predicted octanol–water partition coefficient (Wildman–Crippen LogP) is 3.53. The van der Waals surface area contributed by atoms with Crippen molar-refractivity contribution in [3.8, 4) is 0 Å². The van der Waals surface area contributed by atoms with Gasteiger partial charge < -0.3 is 4.42 Å². The van der Waals surface area contributed by atoms with E-state index in [1.807, 2.05) is 12.1 Å². The van der Waals surface area contributed by atoms with Gasteiger partial charge in [-0.1, -0.05) is 19.3 Å². The molecule has 1 heterocycles. The summed E-state index contributed by atoms with van der Waals surface area (Å²) in [4.78, 5) is 12.0. The Morgan fingerprint density at radius 1 is 1.12 bits per heavy atom. The summed E-state index contributed by atoms with van der Waals surface area (Å²) in [5.74, 6) is 2.76. The average molecular weight is 218 g/mol. The van der Waals surface area contributed by atoms with Crippen molar-refractivity contribution in [2.75, 3.05) is 0 Å². The number of ketones is 1. The molecule has 0 aromatic carbocycles. The maximum Gasteiger partial charge on any atom is 0.137 e. The van der Waals surface area contributed by atoms with Crippen molar-refractivity contribution in [2.45, 2.75) is 44.4 Å². The first-order valence-corrected chi connectivity index (χ1v) is 6.42. The van der Waals surface area contributed by atoms with Gasteiger partial charge in [0, 0.05) is 18.3 Å². The number of fused-ring (bicyclic) bond motifs is 1. The van der Waals surface area contributed by atoms with E-state index >= 15 is 0 Å². The predicted molar refractivity (Wildman–Crippen MR) is 61.1 cm³/mol. The van der Waals surface area contributed by atoms with E-state index in [1.54, 1.807) is 6.26 Å². The first-order valence-electron chi connectivity index (χ1n) is 6.42. The van der Waals surface area contributed by atoms with Crippen molar-refractivity contribution in [1.29, 1.82) is 0 Å². The third-order valence-corrected chi connectivity index (χ3v) is 4.33. The molecular formula is C14H18O2. The van der Waals surface area contributed by atoms with Crippen LogP contribution in [0.4, 0.5) is 0 Å². The van der Waals surface area contributed by atoms with Crippen LogP contribution in [0.3, 0.4) is 0 Å². The molecule has 2 aliphatic rings. The summed E-state index contributed by atoms with van der Waals surface area (Å²) in [5.41, 5.74) is 0. The lowest BCUT2D eigenvalue weighted by atomic mass is 9.84. The van der Waals surface area contributed by atoms with Gasteiger partial charge in [0.25, 0.3) is 0 Å². The molecule has 86 valence electrons. The van der Waals surface area contributed by atoms with Crippen molar-refractivity contribution in [1.82, 2.24) is 0 Å². The lowest BCUT2D eigenvalue weighted by Crippen LogP contribution is -2.15. The molecule has 3 rings (SSSR count). The summed E-state index contributed by atoms with van der Waals surface area (Å²) in [6, 6.07) is 3.97. The quantitative estimate of drug-likeness (QED) is 0.721.